The second-order valence-corrected chi connectivity index (χ2v) is 6.62. The van der Waals surface area contributed by atoms with Crippen molar-refractivity contribution in [1.82, 2.24) is 0 Å². The molecule has 1 aliphatic heterocycles. The Hall–Kier alpha value is -0.460. The van der Waals surface area contributed by atoms with Crippen molar-refractivity contribution in [2.45, 2.75) is 83.4 Å². The van der Waals surface area contributed by atoms with Crippen molar-refractivity contribution in [3.8, 4) is 0 Å². The van der Waals surface area contributed by atoms with Crippen LogP contribution in [-0.4, -0.2) is 57.6 Å². The summed E-state index contributed by atoms with van der Waals surface area (Å²) in [5, 5.41) is 0. The molecule has 0 amide bonds. The van der Waals surface area contributed by atoms with Gasteiger partial charge >= 0.3 is 0 Å². The smallest absolute Gasteiger partial charge is 0.187 e. The van der Waals surface area contributed by atoms with Gasteiger partial charge in [0.2, 0.25) is 0 Å². The van der Waals surface area contributed by atoms with Crippen molar-refractivity contribution in [1.29, 1.82) is 0 Å². The second-order valence-electron chi connectivity index (χ2n) is 6.62. The summed E-state index contributed by atoms with van der Waals surface area (Å²) in [5.74, 6) is 0. The molecule has 1 saturated heterocycles. The van der Waals surface area contributed by atoms with Crippen LogP contribution in [0.15, 0.2) is 12.7 Å². The largest absolute Gasteiger partial charge is 0.378 e. The van der Waals surface area contributed by atoms with Crippen molar-refractivity contribution in [3.05, 3.63) is 12.7 Å². The highest BCUT2D eigenvalue weighted by atomic mass is 16.7. The van der Waals surface area contributed by atoms with Gasteiger partial charge in [-0.1, -0.05) is 46.1 Å². The third-order valence-corrected chi connectivity index (χ3v) is 4.54. The maximum absolute atomic E-state index is 6.20. The van der Waals surface area contributed by atoms with Crippen molar-refractivity contribution in [3.63, 3.8) is 0 Å². The molecule has 1 fully saturated rings. The molecule has 25 heavy (non-hydrogen) atoms. The Bertz CT molecular complexity index is 349. The zero-order chi connectivity index (χ0) is 18.5. The summed E-state index contributed by atoms with van der Waals surface area (Å²) in [7, 11) is 1.64. The van der Waals surface area contributed by atoms with Crippen LogP contribution in [0.4, 0.5) is 0 Å². The van der Waals surface area contributed by atoms with E-state index in [4.69, 9.17) is 23.7 Å². The average Bonchev–Trinajstić information content (AvgIpc) is 2.93. The lowest BCUT2D eigenvalue weighted by Gasteiger charge is -2.32. The molecular formula is C20H38O5. The zero-order valence-electron chi connectivity index (χ0n) is 16.6. The van der Waals surface area contributed by atoms with Crippen LogP contribution in [0.2, 0.25) is 0 Å². The van der Waals surface area contributed by atoms with E-state index in [0.717, 1.165) is 38.5 Å². The summed E-state index contributed by atoms with van der Waals surface area (Å²) in [6.07, 6.45) is 7.06. The number of unbranched alkanes of at least 4 members (excludes halogenated alkanes) is 3. The maximum atomic E-state index is 6.20. The summed E-state index contributed by atoms with van der Waals surface area (Å²) in [6.45, 7) is 12.9. The molecule has 0 radical (unpaired) electrons. The standard InChI is InChI=1S/C20H38O5/c1-6-10-13-22-16-20(9-4)18(24-15-12-8-3)17(19(21-5)25-20)23-14-11-7-2/h9,17-19H,4,6-8,10-16H2,1-3,5H3/t17-,18+,19?,20-/m1/s1. The summed E-state index contributed by atoms with van der Waals surface area (Å²) < 4.78 is 29.9. The third kappa shape index (κ3) is 6.65. The number of hydrogen-bond acceptors (Lipinski definition) is 5. The average molecular weight is 359 g/mol. The Kier molecular flexibility index (Phi) is 11.6. The van der Waals surface area contributed by atoms with E-state index < -0.39 is 11.9 Å². The van der Waals surface area contributed by atoms with Crippen LogP contribution < -0.4 is 0 Å². The van der Waals surface area contributed by atoms with Gasteiger partial charge in [0.15, 0.2) is 6.29 Å². The van der Waals surface area contributed by atoms with Crippen LogP contribution in [0.25, 0.3) is 0 Å². The lowest BCUT2D eigenvalue weighted by Crippen LogP contribution is -2.48. The Labute approximate surface area is 154 Å². The molecule has 5 heteroatoms. The Morgan fingerprint density at radius 2 is 1.56 bits per heavy atom. The van der Waals surface area contributed by atoms with Gasteiger partial charge in [0.05, 0.1) is 6.61 Å². The van der Waals surface area contributed by atoms with Gasteiger partial charge in [0, 0.05) is 26.9 Å². The van der Waals surface area contributed by atoms with Gasteiger partial charge in [-0.25, -0.2) is 0 Å². The van der Waals surface area contributed by atoms with Gasteiger partial charge in [-0.05, 0) is 19.3 Å². The molecular weight excluding hydrogens is 320 g/mol. The fourth-order valence-corrected chi connectivity index (χ4v) is 2.89. The SMILES string of the molecule is C=C[C@]1(COCCCC)OC(OC)[C@H](OCCCC)[C@@H]1OCCCC. The fourth-order valence-electron chi connectivity index (χ4n) is 2.89. The minimum Gasteiger partial charge on any atom is -0.378 e. The molecule has 4 atom stereocenters. The normalized spacial score (nSPS) is 29.2. The van der Waals surface area contributed by atoms with Crippen LogP contribution in [0.3, 0.4) is 0 Å². The molecule has 1 rings (SSSR count). The van der Waals surface area contributed by atoms with Crippen molar-refractivity contribution in [2.24, 2.45) is 0 Å². The van der Waals surface area contributed by atoms with Crippen molar-refractivity contribution in [2.75, 3.05) is 33.5 Å². The Morgan fingerprint density at radius 3 is 2.12 bits per heavy atom. The maximum Gasteiger partial charge on any atom is 0.187 e. The molecule has 5 nitrogen and oxygen atoms in total. The van der Waals surface area contributed by atoms with Gasteiger partial charge in [0.1, 0.15) is 17.8 Å². The van der Waals surface area contributed by atoms with E-state index in [2.05, 4.69) is 27.4 Å². The van der Waals surface area contributed by atoms with Crippen LogP contribution in [0, 0.1) is 0 Å². The summed E-state index contributed by atoms with van der Waals surface area (Å²) in [5.41, 5.74) is -0.737. The molecule has 0 aromatic heterocycles. The van der Waals surface area contributed by atoms with Crippen LogP contribution >= 0.6 is 0 Å². The number of rotatable bonds is 15. The van der Waals surface area contributed by atoms with E-state index in [1.807, 2.05) is 0 Å². The van der Waals surface area contributed by atoms with E-state index in [9.17, 15) is 0 Å². The van der Waals surface area contributed by atoms with E-state index in [1.165, 1.54) is 0 Å². The first-order valence-electron chi connectivity index (χ1n) is 9.84. The highest BCUT2D eigenvalue weighted by Gasteiger charge is 2.55. The minimum absolute atomic E-state index is 0.277. The Balaban J connectivity index is 2.86. The van der Waals surface area contributed by atoms with Gasteiger partial charge < -0.3 is 23.7 Å². The molecule has 0 aromatic rings. The zero-order valence-corrected chi connectivity index (χ0v) is 16.6. The van der Waals surface area contributed by atoms with E-state index in [1.54, 1.807) is 13.2 Å². The molecule has 1 heterocycles. The molecule has 1 unspecified atom stereocenters. The van der Waals surface area contributed by atoms with Crippen molar-refractivity contribution >= 4 is 0 Å². The number of ether oxygens (including phenoxy) is 5. The Morgan fingerprint density at radius 1 is 0.960 bits per heavy atom. The third-order valence-electron chi connectivity index (χ3n) is 4.54. The lowest BCUT2D eigenvalue weighted by atomic mass is 9.95. The molecule has 148 valence electrons. The van der Waals surface area contributed by atoms with E-state index in [-0.39, 0.29) is 12.2 Å². The van der Waals surface area contributed by atoms with Crippen molar-refractivity contribution < 1.29 is 23.7 Å². The molecule has 0 bridgehead atoms. The molecule has 0 N–H and O–H groups in total. The topological polar surface area (TPSA) is 46.2 Å². The van der Waals surface area contributed by atoms with Crippen LogP contribution in [-0.2, 0) is 23.7 Å². The summed E-state index contributed by atoms with van der Waals surface area (Å²) in [4.78, 5) is 0. The second kappa shape index (κ2) is 12.8. The summed E-state index contributed by atoms with van der Waals surface area (Å²) in [6, 6.07) is 0. The fraction of sp³-hybridized carbons (Fsp3) is 0.900. The summed E-state index contributed by atoms with van der Waals surface area (Å²) >= 11 is 0. The van der Waals surface area contributed by atoms with E-state index >= 15 is 0 Å². The molecule has 0 spiro atoms. The first-order valence-corrected chi connectivity index (χ1v) is 9.84. The highest BCUT2D eigenvalue weighted by Crippen LogP contribution is 2.37. The minimum atomic E-state index is -0.737. The first kappa shape index (κ1) is 22.6. The van der Waals surface area contributed by atoms with Gasteiger partial charge in [0.25, 0.3) is 0 Å². The van der Waals surface area contributed by atoms with Gasteiger partial charge in [-0.15, -0.1) is 6.58 Å². The molecule has 0 aromatic carbocycles. The predicted molar refractivity (Wildman–Crippen MR) is 99.8 cm³/mol. The van der Waals surface area contributed by atoms with Crippen LogP contribution in [0.5, 0.6) is 0 Å². The first-order chi connectivity index (χ1) is 12.2. The number of methoxy groups -OCH3 is 1. The van der Waals surface area contributed by atoms with Crippen LogP contribution in [0.1, 0.15) is 59.3 Å². The van der Waals surface area contributed by atoms with Gasteiger partial charge in [-0.3, -0.25) is 0 Å². The quantitative estimate of drug-likeness (QED) is 0.326. The highest BCUT2D eigenvalue weighted by molar-refractivity contribution is 5.11. The number of hydrogen-bond donors (Lipinski definition) is 0. The van der Waals surface area contributed by atoms with Gasteiger partial charge in [-0.2, -0.15) is 0 Å². The molecule has 0 aliphatic carbocycles. The monoisotopic (exact) mass is 358 g/mol. The molecule has 0 saturated carbocycles. The van der Waals surface area contributed by atoms with E-state index in [0.29, 0.717) is 26.4 Å². The predicted octanol–water partition coefficient (Wildman–Crippen LogP) is 4.10. The lowest BCUT2D eigenvalue weighted by molar-refractivity contribution is -0.184. The molecule has 1 aliphatic rings.